The molecule has 2 aromatic carbocycles. The van der Waals surface area contributed by atoms with Crippen molar-refractivity contribution >= 4 is 34.8 Å². The number of halogens is 2. The predicted molar refractivity (Wildman–Crippen MR) is 170 cm³/mol. The van der Waals surface area contributed by atoms with Gasteiger partial charge < -0.3 is 19.1 Å². The van der Waals surface area contributed by atoms with E-state index in [0.717, 1.165) is 46.5 Å². The van der Waals surface area contributed by atoms with Crippen molar-refractivity contribution in [2.45, 2.75) is 72.8 Å². The van der Waals surface area contributed by atoms with Crippen molar-refractivity contribution in [2.24, 2.45) is 10.8 Å². The normalized spacial score (nSPS) is 19.9. The van der Waals surface area contributed by atoms with E-state index in [-0.39, 0.29) is 29.0 Å². The lowest BCUT2D eigenvalue weighted by Crippen LogP contribution is -2.45. The number of allylic oxidation sites excluding steroid dienone is 4. The molecule has 0 aromatic heterocycles. The third-order valence-electron chi connectivity index (χ3n) is 8.54. The Bertz CT molecular complexity index is 1450. The van der Waals surface area contributed by atoms with Crippen LogP contribution in [0.2, 0.25) is 10.0 Å². The lowest BCUT2D eigenvalue weighted by molar-refractivity contribution is -0.119. The highest BCUT2D eigenvalue weighted by Gasteiger charge is 2.49. The summed E-state index contributed by atoms with van der Waals surface area (Å²) in [6, 6.07) is 11.1. The van der Waals surface area contributed by atoms with Gasteiger partial charge in [0.05, 0.1) is 13.2 Å². The molecule has 0 saturated carbocycles. The second-order valence-corrected chi connectivity index (χ2v) is 14.2. The molecule has 0 spiro atoms. The highest BCUT2D eigenvalue weighted by atomic mass is 35.5. The molecule has 0 atom stereocenters. The Balaban J connectivity index is 1.62. The van der Waals surface area contributed by atoms with Crippen molar-refractivity contribution in [3.63, 3.8) is 0 Å². The van der Waals surface area contributed by atoms with E-state index >= 15 is 0 Å². The first-order chi connectivity index (χ1) is 20.3. The quantitative estimate of drug-likeness (QED) is 0.279. The molecule has 0 saturated heterocycles. The first kappa shape index (κ1) is 31.6. The molecule has 6 nitrogen and oxygen atoms in total. The highest BCUT2D eigenvalue weighted by Crippen LogP contribution is 2.55. The van der Waals surface area contributed by atoms with Crippen LogP contribution in [0.5, 0.6) is 11.5 Å². The average molecular weight is 627 g/mol. The Morgan fingerprint density at radius 1 is 0.837 bits per heavy atom. The molecular weight excluding hydrogens is 585 g/mol. The summed E-state index contributed by atoms with van der Waals surface area (Å²) in [5, 5.41) is 1.09. The number of carbonyl (C=O) groups is 2. The molecule has 0 radical (unpaired) electrons. The number of hydrogen-bond acceptors (Lipinski definition) is 6. The summed E-state index contributed by atoms with van der Waals surface area (Å²) in [7, 11) is 1.68. The zero-order chi connectivity index (χ0) is 31.1. The van der Waals surface area contributed by atoms with E-state index in [1.54, 1.807) is 19.2 Å². The van der Waals surface area contributed by atoms with E-state index in [4.69, 9.17) is 37.4 Å². The van der Waals surface area contributed by atoms with Crippen LogP contribution in [0.1, 0.15) is 77.3 Å². The van der Waals surface area contributed by atoms with Crippen molar-refractivity contribution in [1.82, 2.24) is 4.90 Å². The minimum Gasteiger partial charge on any atom is -0.490 e. The lowest BCUT2D eigenvalue weighted by atomic mass is 9.63. The van der Waals surface area contributed by atoms with Gasteiger partial charge in [-0.1, -0.05) is 63.0 Å². The third-order valence-corrected chi connectivity index (χ3v) is 9.13. The second-order valence-electron chi connectivity index (χ2n) is 13.3. The van der Waals surface area contributed by atoms with Crippen molar-refractivity contribution in [2.75, 3.05) is 26.9 Å². The van der Waals surface area contributed by atoms with Gasteiger partial charge in [-0.25, -0.2) is 0 Å². The summed E-state index contributed by atoms with van der Waals surface area (Å²) in [5.74, 6) is 0.847. The Kier molecular flexibility index (Phi) is 9.04. The highest BCUT2D eigenvalue weighted by molar-refractivity contribution is 6.35. The molecule has 0 amide bonds. The molecular formula is C35H41Cl2NO5. The van der Waals surface area contributed by atoms with E-state index in [1.807, 2.05) is 31.2 Å². The van der Waals surface area contributed by atoms with E-state index in [9.17, 15) is 9.59 Å². The topological polar surface area (TPSA) is 65.1 Å². The van der Waals surface area contributed by atoms with Crippen LogP contribution in [0.3, 0.4) is 0 Å². The fourth-order valence-electron chi connectivity index (χ4n) is 6.72. The fourth-order valence-corrected chi connectivity index (χ4v) is 7.18. The maximum absolute atomic E-state index is 14.0. The molecule has 0 bridgehead atoms. The summed E-state index contributed by atoms with van der Waals surface area (Å²) in [4.78, 5) is 30.3. The number of nitrogens with zero attached hydrogens (tertiary/aromatic N) is 1. The maximum Gasteiger partial charge on any atom is 0.162 e. The molecule has 43 heavy (non-hydrogen) atoms. The van der Waals surface area contributed by atoms with Crippen LogP contribution in [-0.2, 0) is 20.9 Å². The van der Waals surface area contributed by atoms with Gasteiger partial charge in [0, 0.05) is 70.6 Å². The number of methoxy groups -OCH3 is 1. The minimum atomic E-state index is -0.463. The fraction of sp³-hybridized carbons (Fsp3) is 0.486. The molecule has 5 rings (SSSR count). The van der Waals surface area contributed by atoms with Gasteiger partial charge >= 0.3 is 0 Å². The molecule has 1 aliphatic heterocycles. The van der Waals surface area contributed by atoms with E-state index in [0.29, 0.717) is 54.1 Å². The van der Waals surface area contributed by atoms with Crippen LogP contribution in [-0.4, -0.2) is 43.3 Å². The number of rotatable bonds is 9. The van der Waals surface area contributed by atoms with Gasteiger partial charge in [0.1, 0.15) is 6.61 Å². The van der Waals surface area contributed by atoms with E-state index < -0.39 is 5.92 Å². The van der Waals surface area contributed by atoms with E-state index in [2.05, 4.69) is 32.6 Å². The van der Waals surface area contributed by atoms with Crippen molar-refractivity contribution in [3.05, 3.63) is 80.1 Å². The van der Waals surface area contributed by atoms with Crippen LogP contribution in [0.15, 0.2) is 58.9 Å². The van der Waals surface area contributed by atoms with Crippen molar-refractivity contribution < 1.29 is 23.8 Å². The van der Waals surface area contributed by atoms with Crippen LogP contribution in [0.25, 0.3) is 0 Å². The summed E-state index contributed by atoms with van der Waals surface area (Å²) >= 11 is 12.4. The minimum absolute atomic E-state index is 0.0958. The largest absolute Gasteiger partial charge is 0.490 e. The first-order valence-electron chi connectivity index (χ1n) is 15.0. The van der Waals surface area contributed by atoms with Crippen molar-refractivity contribution in [1.29, 1.82) is 0 Å². The van der Waals surface area contributed by atoms with Gasteiger partial charge in [-0.2, -0.15) is 0 Å². The van der Waals surface area contributed by atoms with Gasteiger partial charge in [0.25, 0.3) is 0 Å². The van der Waals surface area contributed by atoms with Gasteiger partial charge in [0.15, 0.2) is 23.1 Å². The predicted octanol–water partition coefficient (Wildman–Crippen LogP) is 8.30. The molecule has 0 unspecified atom stereocenters. The van der Waals surface area contributed by atoms with Crippen LogP contribution < -0.4 is 9.47 Å². The standard InChI is InChI=1S/C35H41Cl2NO5/c1-7-42-30-14-21(9-11-29(30)43-20-22-8-10-23(36)15-24(22)37)31-32-25(16-34(2,3)18-27(32)39)38(12-13-41-6)26-17-35(4,5)19-28(40)33(26)31/h8-11,14-15,31H,7,12-13,16-20H2,1-6H3. The second kappa shape index (κ2) is 12.3. The van der Waals surface area contributed by atoms with Gasteiger partial charge in [-0.3, -0.25) is 9.59 Å². The summed E-state index contributed by atoms with van der Waals surface area (Å²) in [6.07, 6.45) is 2.37. The Morgan fingerprint density at radius 2 is 1.47 bits per heavy atom. The Labute approximate surface area is 265 Å². The molecule has 230 valence electrons. The lowest BCUT2D eigenvalue weighted by Gasteiger charge is -2.49. The van der Waals surface area contributed by atoms with Gasteiger partial charge in [-0.15, -0.1) is 0 Å². The van der Waals surface area contributed by atoms with Gasteiger partial charge in [0.2, 0.25) is 0 Å². The van der Waals surface area contributed by atoms with Crippen LogP contribution in [0.4, 0.5) is 0 Å². The monoisotopic (exact) mass is 625 g/mol. The molecule has 0 fully saturated rings. The van der Waals surface area contributed by atoms with E-state index in [1.165, 1.54) is 0 Å². The Morgan fingerprint density at radius 3 is 2.02 bits per heavy atom. The Hall–Kier alpha value is -2.80. The van der Waals surface area contributed by atoms with Gasteiger partial charge in [-0.05, 0) is 60.4 Å². The number of ether oxygens (including phenoxy) is 3. The zero-order valence-electron chi connectivity index (χ0n) is 25.9. The number of carbonyl (C=O) groups excluding carboxylic acids is 2. The molecule has 2 aromatic rings. The molecule has 1 heterocycles. The third kappa shape index (κ3) is 6.52. The number of benzene rings is 2. The summed E-state index contributed by atoms with van der Waals surface area (Å²) < 4.78 is 17.7. The number of Topliss-reactive ketones (excluding diaryl/α,β-unsaturated/α-hetero) is 2. The molecule has 0 N–H and O–H groups in total. The summed E-state index contributed by atoms with van der Waals surface area (Å²) in [5.41, 5.74) is 4.78. The molecule has 3 aliphatic rings. The first-order valence-corrected chi connectivity index (χ1v) is 15.7. The SMILES string of the molecule is CCOc1cc(C2C3=C(CC(C)(C)CC3=O)N(CCOC)C3=C2C(=O)CC(C)(C)C3)ccc1OCc1ccc(Cl)cc1Cl. The zero-order valence-corrected chi connectivity index (χ0v) is 27.5. The number of hydrogen-bond donors (Lipinski definition) is 0. The average Bonchev–Trinajstić information content (AvgIpc) is 2.90. The molecule has 8 heteroatoms. The molecule has 2 aliphatic carbocycles. The smallest absolute Gasteiger partial charge is 0.162 e. The maximum atomic E-state index is 14.0. The van der Waals surface area contributed by atoms with Crippen LogP contribution >= 0.6 is 23.2 Å². The van der Waals surface area contributed by atoms with Crippen molar-refractivity contribution in [3.8, 4) is 11.5 Å². The van der Waals surface area contributed by atoms with Crippen LogP contribution in [0, 0.1) is 10.8 Å². The number of ketones is 2. The summed E-state index contributed by atoms with van der Waals surface area (Å²) in [6.45, 7) is 12.3.